The lowest BCUT2D eigenvalue weighted by molar-refractivity contribution is -0.402. The van der Waals surface area contributed by atoms with Gasteiger partial charge >= 0.3 is 5.97 Å². The molecule has 9 nitrogen and oxygen atoms in total. The van der Waals surface area contributed by atoms with Crippen LogP contribution in [-0.4, -0.2) is 75.8 Å². The maximum absolute atomic E-state index is 14.3. The van der Waals surface area contributed by atoms with E-state index in [0.717, 1.165) is 38.5 Å². The molecule has 0 saturated carbocycles. The first-order valence-corrected chi connectivity index (χ1v) is 19.5. The van der Waals surface area contributed by atoms with E-state index in [-0.39, 0.29) is 66.2 Å². The number of aliphatic carboxylic acids is 1. The molecule has 49 heavy (non-hydrogen) atoms. The first-order valence-electron chi connectivity index (χ1n) is 19.5. The predicted molar refractivity (Wildman–Crippen MR) is 187 cm³/mol. The fraction of sp³-hybridized carbons (Fsp3) is 0.900. The van der Waals surface area contributed by atoms with Crippen LogP contribution >= 0.6 is 0 Å². The van der Waals surface area contributed by atoms with Crippen LogP contribution in [0.25, 0.3) is 0 Å². The third-order valence-electron chi connectivity index (χ3n) is 13.5. The molecule has 0 aromatic carbocycles. The van der Waals surface area contributed by atoms with Crippen molar-refractivity contribution in [3.05, 3.63) is 12.2 Å². The van der Waals surface area contributed by atoms with E-state index in [1.54, 1.807) is 0 Å². The van der Waals surface area contributed by atoms with Gasteiger partial charge in [-0.3, -0.25) is 9.59 Å². The summed E-state index contributed by atoms with van der Waals surface area (Å²) in [5.74, 6) is -3.33. The van der Waals surface area contributed by atoms with Crippen LogP contribution in [-0.2, 0) is 33.3 Å². The molecule has 9 heteroatoms. The van der Waals surface area contributed by atoms with E-state index in [2.05, 4.69) is 60.6 Å². The smallest absolute Gasteiger partial charge is 0.305 e. The van der Waals surface area contributed by atoms with Gasteiger partial charge in [0.05, 0.1) is 48.6 Å². The number of Topliss-reactive ketones (excluding diaryl/α,β-unsaturated/α-hetero) is 1. The second kappa shape index (κ2) is 14.9. The first kappa shape index (κ1) is 38.9. The van der Waals surface area contributed by atoms with Crippen LogP contribution in [0.1, 0.15) is 127 Å². The summed E-state index contributed by atoms with van der Waals surface area (Å²) in [7, 11) is 0. The number of ketones is 1. The van der Waals surface area contributed by atoms with Crippen LogP contribution in [0.2, 0.25) is 0 Å². The molecule has 5 aliphatic heterocycles. The highest BCUT2D eigenvalue weighted by Crippen LogP contribution is 2.55. The number of aliphatic hydroxyl groups is 1. The number of carbonyl (C=O) groups excluding carboxylic acids is 1. The van der Waals surface area contributed by atoms with Crippen LogP contribution < -0.4 is 0 Å². The molecule has 4 fully saturated rings. The van der Waals surface area contributed by atoms with Crippen LogP contribution in [0.5, 0.6) is 0 Å². The number of hydrogen-bond acceptors (Lipinski definition) is 8. The summed E-state index contributed by atoms with van der Waals surface area (Å²) in [5, 5.41) is 20.9. The molecule has 2 N–H and O–H groups in total. The summed E-state index contributed by atoms with van der Waals surface area (Å²) >= 11 is 0. The number of carbonyl (C=O) groups is 2. The molecule has 280 valence electrons. The molecular weight excluding hydrogens is 624 g/mol. The second-order valence-electron chi connectivity index (χ2n) is 17.2. The zero-order valence-corrected chi connectivity index (χ0v) is 31.9. The number of rotatable bonds is 10. The maximum Gasteiger partial charge on any atom is 0.305 e. The van der Waals surface area contributed by atoms with E-state index in [0.29, 0.717) is 18.8 Å². The van der Waals surface area contributed by atoms with Gasteiger partial charge in [-0.15, -0.1) is 0 Å². The minimum Gasteiger partial charge on any atom is -0.481 e. The zero-order valence-electron chi connectivity index (χ0n) is 31.9. The van der Waals surface area contributed by atoms with Gasteiger partial charge in [0.2, 0.25) is 0 Å². The molecule has 0 aliphatic carbocycles. The Morgan fingerprint density at radius 3 is 2.24 bits per heavy atom. The van der Waals surface area contributed by atoms with E-state index < -0.39 is 47.2 Å². The maximum atomic E-state index is 14.3. The highest BCUT2D eigenvalue weighted by Gasteiger charge is 2.61. The average molecular weight is 691 g/mol. The minimum absolute atomic E-state index is 0.00986. The Kier molecular flexibility index (Phi) is 11.8. The number of carboxylic acids is 1. The normalized spacial score (nSPS) is 46.8. The van der Waals surface area contributed by atoms with Gasteiger partial charge in [0.15, 0.2) is 11.6 Å². The predicted octanol–water partition coefficient (Wildman–Crippen LogP) is 7.32. The molecule has 17 atom stereocenters. The van der Waals surface area contributed by atoms with Crippen molar-refractivity contribution in [1.82, 2.24) is 0 Å². The van der Waals surface area contributed by atoms with Crippen LogP contribution in [0.3, 0.4) is 0 Å². The SMILES string of the molecule is CC[C@@H](C(=O)[C@@H](C)[C@@H](O)[C@H](C)[C@@H]1O[C@@H](CC(=O)O)CC[C@@H]1C)[C@H]1O[C@]2(C=C[C@@H](C)[C@]3(CC[C@@](C)([C@H]4CC[C@@H](C)[C@H](C)O4)O3)O2)[C@H](C)C[C@@H]1C. The molecule has 5 aliphatic rings. The highest BCUT2D eigenvalue weighted by molar-refractivity contribution is 5.84. The van der Waals surface area contributed by atoms with E-state index in [1.165, 1.54) is 0 Å². The van der Waals surface area contributed by atoms with Crippen molar-refractivity contribution in [2.24, 2.45) is 47.3 Å². The zero-order chi connectivity index (χ0) is 36.1. The largest absolute Gasteiger partial charge is 0.481 e. The van der Waals surface area contributed by atoms with Crippen molar-refractivity contribution in [2.75, 3.05) is 0 Å². The van der Waals surface area contributed by atoms with Crippen molar-refractivity contribution in [3.8, 4) is 0 Å². The summed E-state index contributed by atoms with van der Waals surface area (Å²) in [6.07, 6.45) is 8.96. The number of aliphatic hydroxyl groups excluding tert-OH is 1. The monoisotopic (exact) mass is 690 g/mol. The quantitative estimate of drug-likeness (QED) is 0.227. The van der Waals surface area contributed by atoms with Crippen LogP contribution in [0, 0.1) is 47.3 Å². The van der Waals surface area contributed by atoms with Crippen LogP contribution in [0.15, 0.2) is 12.2 Å². The topological polar surface area (TPSA) is 121 Å². The summed E-state index contributed by atoms with van der Waals surface area (Å²) in [4.78, 5) is 25.7. The molecule has 0 amide bonds. The Balaban J connectivity index is 1.31. The Bertz CT molecular complexity index is 1210. The summed E-state index contributed by atoms with van der Waals surface area (Å²) < 4.78 is 34.0. The van der Waals surface area contributed by atoms with Crippen molar-refractivity contribution in [3.63, 3.8) is 0 Å². The van der Waals surface area contributed by atoms with Gasteiger partial charge in [0, 0.05) is 36.0 Å². The lowest BCUT2D eigenvalue weighted by Gasteiger charge is -2.54. The van der Waals surface area contributed by atoms with E-state index >= 15 is 0 Å². The van der Waals surface area contributed by atoms with Crippen molar-refractivity contribution in [1.29, 1.82) is 0 Å². The molecule has 5 rings (SSSR count). The van der Waals surface area contributed by atoms with E-state index in [1.807, 2.05) is 20.8 Å². The van der Waals surface area contributed by atoms with Gasteiger partial charge in [-0.25, -0.2) is 0 Å². The Morgan fingerprint density at radius 2 is 1.59 bits per heavy atom. The average Bonchev–Trinajstić information content (AvgIpc) is 3.40. The van der Waals surface area contributed by atoms with E-state index in [9.17, 15) is 19.8 Å². The van der Waals surface area contributed by atoms with Gasteiger partial charge in [-0.2, -0.15) is 0 Å². The number of carboxylic acid groups (broad SMARTS) is 1. The van der Waals surface area contributed by atoms with Gasteiger partial charge in [-0.05, 0) is 82.6 Å². The summed E-state index contributed by atoms with van der Waals surface area (Å²) in [5.41, 5.74) is -0.461. The summed E-state index contributed by atoms with van der Waals surface area (Å²) in [6.45, 7) is 20.9. The molecule has 0 unspecified atom stereocenters. The molecular formula is C40H66O9. The molecule has 0 aromatic rings. The van der Waals surface area contributed by atoms with Gasteiger partial charge in [0.1, 0.15) is 5.78 Å². The highest BCUT2D eigenvalue weighted by atomic mass is 16.8. The third kappa shape index (κ3) is 7.59. The van der Waals surface area contributed by atoms with Crippen molar-refractivity contribution in [2.45, 2.75) is 181 Å². The number of ether oxygens (including phenoxy) is 5. The second-order valence-corrected chi connectivity index (χ2v) is 17.2. The van der Waals surface area contributed by atoms with E-state index in [4.69, 9.17) is 23.7 Å². The molecule has 2 spiro atoms. The van der Waals surface area contributed by atoms with Gasteiger partial charge < -0.3 is 33.9 Å². The lowest BCUT2D eigenvalue weighted by Crippen LogP contribution is -2.61. The van der Waals surface area contributed by atoms with Gasteiger partial charge in [-0.1, -0.05) is 61.5 Å². The molecule has 0 aromatic heterocycles. The van der Waals surface area contributed by atoms with Crippen molar-refractivity contribution >= 4 is 11.8 Å². The third-order valence-corrected chi connectivity index (χ3v) is 13.5. The Morgan fingerprint density at radius 1 is 0.898 bits per heavy atom. The van der Waals surface area contributed by atoms with Crippen LogP contribution in [0.4, 0.5) is 0 Å². The molecule has 0 bridgehead atoms. The minimum atomic E-state index is -1.03. The Labute approximate surface area is 295 Å². The standard InChI is InChI=1S/C40H66O9/c1-11-31(35(44)27(7)34(43)28(8)36-23(3)12-14-30(46-36)21-33(41)42)37-24(4)20-26(6)39(47-37)17-16-25(5)40(49-39)19-18-38(10,48-40)32-15-13-22(2)29(9)45-32/h16-17,22-32,34,36-37,43H,11-15,18-21H2,1-10H3,(H,41,42)/t22-,23+,24+,25-,26-,27+,28+,29+,30-,31+,32-,34-,36-,37+,38+,39+,40+/m1/s1. The number of hydrogen-bond donors (Lipinski definition) is 2. The fourth-order valence-electron chi connectivity index (χ4n) is 9.80. The molecule has 5 heterocycles. The first-order chi connectivity index (χ1) is 23.0. The molecule has 0 radical (unpaired) electrons. The summed E-state index contributed by atoms with van der Waals surface area (Å²) in [6, 6.07) is 0. The van der Waals surface area contributed by atoms with Crippen molar-refractivity contribution < 1.29 is 43.5 Å². The molecule has 4 saturated heterocycles. The fourth-order valence-corrected chi connectivity index (χ4v) is 9.80. The van der Waals surface area contributed by atoms with Gasteiger partial charge in [0.25, 0.3) is 0 Å². The Hall–Kier alpha value is -1.36. The lowest BCUT2D eigenvalue weighted by atomic mass is 9.72.